The monoisotopic (exact) mass is 339 g/mol. The van der Waals surface area contributed by atoms with E-state index in [0.29, 0.717) is 19.6 Å². The molecule has 130 valence electrons. The van der Waals surface area contributed by atoms with E-state index in [1.807, 2.05) is 48.5 Å². The van der Waals surface area contributed by atoms with Gasteiger partial charge in [0.25, 0.3) is 0 Å². The molecular weight excluding hydrogens is 318 g/mol. The molecule has 1 heterocycles. The summed E-state index contributed by atoms with van der Waals surface area (Å²) in [7, 11) is 1.61. The van der Waals surface area contributed by atoms with Crippen molar-refractivity contribution in [2.45, 2.75) is 12.8 Å². The molecule has 0 radical (unpaired) electrons. The molecule has 5 heteroatoms. The first-order valence-electron chi connectivity index (χ1n) is 8.25. The highest BCUT2D eigenvalue weighted by atomic mass is 16.5. The molecule has 2 aromatic carbocycles. The van der Waals surface area contributed by atoms with E-state index in [2.05, 4.69) is 5.32 Å². The van der Waals surface area contributed by atoms with Gasteiger partial charge in [-0.05, 0) is 30.7 Å². The number of ether oxygens (including phenoxy) is 2. The zero-order chi connectivity index (χ0) is 17.5. The van der Waals surface area contributed by atoms with Gasteiger partial charge in [-0.1, -0.05) is 18.2 Å². The maximum atomic E-state index is 12.1. The Labute approximate surface area is 146 Å². The predicted molar refractivity (Wildman–Crippen MR) is 96.0 cm³/mol. The molecule has 0 aliphatic heterocycles. The summed E-state index contributed by atoms with van der Waals surface area (Å²) >= 11 is 0. The number of para-hydroxylation sites is 1. The Bertz CT molecular complexity index is 826. The van der Waals surface area contributed by atoms with Crippen LogP contribution in [-0.4, -0.2) is 26.2 Å². The summed E-state index contributed by atoms with van der Waals surface area (Å²) in [5.74, 6) is 1.55. The Balaban J connectivity index is 1.43. The third-order valence-electron chi connectivity index (χ3n) is 3.87. The molecule has 3 aromatic rings. The van der Waals surface area contributed by atoms with Gasteiger partial charge < -0.3 is 19.2 Å². The Morgan fingerprint density at radius 3 is 2.76 bits per heavy atom. The summed E-state index contributed by atoms with van der Waals surface area (Å²) in [6.45, 7) is 1.15. The van der Waals surface area contributed by atoms with Gasteiger partial charge in [0.05, 0.1) is 26.4 Å². The second kappa shape index (κ2) is 8.24. The molecule has 0 saturated heterocycles. The van der Waals surface area contributed by atoms with E-state index in [4.69, 9.17) is 13.9 Å². The third kappa shape index (κ3) is 4.53. The zero-order valence-corrected chi connectivity index (χ0v) is 14.2. The normalized spacial score (nSPS) is 10.6. The standard InChI is InChI=1S/C20H21NO4/c1-23-17-8-9-18-15(14-25-19(18)13-17)12-20(22)21-10-5-11-24-16-6-3-2-4-7-16/h2-4,6-9,13-14H,5,10-12H2,1H3,(H,21,22). The second-order valence-corrected chi connectivity index (χ2v) is 5.66. The number of hydrogen-bond donors (Lipinski definition) is 1. The van der Waals surface area contributed by atoms with Gasteiger partial charge in [0, 0.05) is 23.6 Å². The van der Waals surface area contributed by atoms with E-state index in [1.165, 1.54) is 0 Å². The van der Waals surface area contributed by atoms with E-state index in [9.17, 15) is 4.79 Å². The van der Waals surface area contributed by atoms with Crippen molar-refractivity contribution >= 4 is 16.9 Å². The third-order valence-corrected chi connectivity index (χ3v) is 3.87. The van der Waals surface area contributed by atoms with Gasteiger partial charge in [-0.15, -0.1) is 0 Å². The van der Waals surface area contributed by atoms with Crippen molar-refractivity contribution in [3.8, 4) is 11.5 Å². The maximum absolute atomic E-state index is 12.1. The average Bonchev–Trinajstić information content (AvgIpc) is 3.04. The van der Waals surface area contributed by atoms with Gasteiger partial charge >= 0.3 is 0 Å². The Morgan fingerprint density at radius 1 is 1.12 bits per heavy atom. The lowest BCUT2D eigenvalue weighted by Gasteiger charge is -2.07. The SMILES string of the molecule is COc1ccc2c(CC(=O)NCCCOc3ccccc3)coc2c1. The van der Waals surface area contributed by atoms with Crippen LogP contribution in [0, 0.1) is 0 Å². The van der Waals surface area contributed by atoms with Crippen molar-refractivity contribution in [2.75, 3.05) is 20.3 Å². The van der Waals surface area contributed by atoms with E-state index < -0.39 is 0 Å². The predicted octanol–water partition coefficient (Wildman–Crippen LogP) is 3.57. The van der Waals surface area contributed by atoms with Crippen LogP contribution in [0.15, 0.2) is 59.2 Å². The van der Waals surface area contributed by atoms with Crippen molar-refractivity contribution < 1.29 is 18.7 Å². The fourth-order valence-electron chi connectivity index (χ4n) is 2.57. The number of nitrogens with one attached hydrogen (secondary N) is 1. The molecule has 1 aromatic heterocycles. The van der Waals surface area contributed by atoms with Gasteiger partial charge in [0.1, 0.15) is 17.1 Å². The van der Waals surface area contributed by atoms with Crippen LogP contribution >= 0.6 is 0 Å². The minimum atomic E-state index is -0.0294. The van der Waals surface area contributed by atoms with Crippen molar-refractivity contribution in [1.82, 2.24) is 5.32 Å². The minimum Gasteiger partial charge on any atom is -0.497 e. The molecular formula is C20H21NO4. The number of methoxy groups -OCH3 is 1. The summed E-state index contributed by atoms with van der Waals surface area (Å²) in [4.78, 5) is 12.1. The van der Waals surface area contributed by atoms with Crippen molar-refractivity contribution in [1.29, 1.82) is 0 Å². The van der Waals surface area contributed by atoms with Crippen LogP contribution in [0.2, 0.25) is 0 Å². The largest absolute Gasteiger partial charge is 0.497 e. The van der Waals surface area contributed by atoms with Crippen LogP contribution < -0.4 is 14.8 Å². The van der Waals surface area contributed by atoms with Gasteiger partial charge in [-0.3, -0.25) is 4.79 Å². The van der Waals surface area contributed by atoms with E-state index in [1.54, 1.807) is 13.4 Å². The molecule has 0 bridgehead atoms. The van der Waals surface area contributed by atoms with Crippen molar-refractivity contribution in [2.24, 2.45) is 0 Å². The van der Waals surface area contributed by atoms with Gasteiger partial charge in [-0.25, -0.2) is 0 Å². The van der Waals surface area contributed by atoms with Gasteiger partial charge in [0.15, 0.2) is 0 Å². The zero-order valence-electron chi connectivity index (χ0n) is 14.2. The Morgan fingerprint density at radius 2 is 1.96 bits per heavy atom. The number of furan rings is 1. The van der Waals surface area contributed by atoms with Crippen LogP contribution in [0.4, 0.5) is 0 Å². The quantitative estimate of drug-likeness (QED) is 0.637. The summed E-state index contributed by atoms with van der Waals surface area (Å²) in [6, 6.07) is 15.2. The number of fused-ring (bicyclic) bond motifs is 1. The number of carbonyl (C=O) groups excluding carboxylic acids is 1. The lowest BCUT2D eigenvalue weighted by Crippen LogP contribution is -2.27. The molecule has 0 aliphatic carbocycles. The van der Waals surface area contributed by atoms with Gasteiger partial charge in [0.2, 0.25) is 5.91 Å². The number of benzene rings is 2. The van der Waals surface area contributed by atoms with E-state index in [-0.39, 0.29) is 5.91 Å². The molecule has 1 N–H and O–H groups in total. The summed E-state index contributed by atoms with van der Waals surface area (Å²) in [6.07, 6.45) is 2.67. The second-order valence-electron chi connectivity index (χ2n) is 5.66. The molecule has 0 spiro atoms. The molecule has 0 atom stereocenters. The van der Waals surface area contributed by atoms with Crippen LogP contribution in [0.25, 0.3) is 11.0 Å². The molecule has 0 fully saturated rings. The lowest BCUT2D eigenvalue weighted by atomic mass is 10.1. The highest BCUT2D eigenvalue weighted by molar-refractivity contribution is 5.88. The molecule has 0 saturated carbocycles. The molecule has 5 nitrogen and oxygen atoms in total. The van der Waals surface area contributed by atoms with Crippen LogP contribution in [0.1, 0.15) is 12.0 Å². The fraction of sp³-hybridized carbons (Fsp3) is 0.250. The van der Waals surface area contributed by atoms with Crippen LogP contribution in [0.5, 0.6) is 11.5 Å². The minimum absolute atomic E-state index is 0.0294. The highest BCUT2D eigenvalue weighted by Crippen LogP contribution is 2.25. The molecule has 1 amide bonds. The van der Waals surface area contributed by atoms with Crippen molar-refractivity contribution in [3.05, 3.63) is 60.4 Å². The Kier molecular flexibility index (Phi) is 5.57. The summed E-state index contributed by atoms with van der Waals surface area (Å²) < 4.78 is 16.3. The topological polar surface area (TPSA) is 60.7 Å². The van der Waals surface area contributed by atoms with Crippen LogP contribution in [0.3, 0.4) is 0 Å². The number of carbonyl (C=O) groups is 1. The molecule has 0 unspecified atom stereocenters. The van der Waals surface area contributed by atoms with Crippen LogP contribution in [-0.2, 0) is 11.2 Å². The molecule has 0 aliphatic rings. The number of hydrogen-bond acceptors (Lipinski definition) is 4. The van der Waals surface area contributed by atoms with E-state index in [0.717, 1.165) is 34.5 Å². The molecule has 3 rings (SSSR count). The van der Waals surface area contributed by atoms with Gasteiger partial charge in [-0.2, -0.15) is 0 Å². The summed E-state index contributed by atoms with van der Waals surface area (Å²) in [5.41, 5.74) is 1.59. The first-order chi connectivity index (χ1) is 12.3. The highest BCUT2D eigenvalue weighted by Gasteiger charge is 2.11. The smallest absolute Gasteiger partial charge is 0.224 e. The first kappa shape index (κ1) is 16.9. The summed E-state index contributed by atoms with van der Waals surface area (Å²) in [5, 5.41) is 3.84. The molecule has 25 heavy (non-hydrogen) atoms. The number of rotatable bonds is 8. The lowest BCUT2D eigenvalue weighted by molar-refractivity contribution is -0.120. The maximum Gasteiger partial charge on any atom is 0.224 e. The Hall–Kier alpha value is -2.95. The first-order valence-corrected chi connectivity index (χ1v) is 8.25. The fourth-order valence-corrected chi connectivity index (χ4v) is 2.57. The number of amides is 1. The van der Waals surface area contributed by atoms with E-state index >= 15 is 0 Å². The van der Waals surface area contributed by atoms with Crippen molar-refractivity contribution in [3.63, 3.8) is 0 Å². The average molecular weight is 339 g/mol.